The molecule has 1 heterocycles. The second kappa shape index (κ2) is 7.22. The lowest BCUT2D eigenvalue weighted by Crippen LogP contribution is -2.32. The van der Waals surface area contributed by atoms with Crippen LogP contribution in [0.4, 0.5) is 4.39 Å². The van der Waals surface area contributed by atoms with Gasteiger partial charge >= 0.3 is 0 Å². The highest BCUT2D eigenvalue weighted by atomic mass is 19.1. The van der Waals surface area contributed by atoms with Crippen LogP contribution in [0.3, 0.4) is 0 Å². The van der Waals surface area contributed by atoms with Crippen molar-refractivity contribution >= 4 is 5.91 Å². The van der Waals surface area contributed by atoms with E-state index in [2.05, 4.69) is 0 Å². The smallest absolute Gasteiger partial charge is 0.226 e. The zero-order valence-corrected chi connectivity index (χ0v) is 15.7. The number of hydrogen-bond donors (Lipinski definition) is 0. The monoisotopic (exact) mass is 369 g/mol. The average molecular weight is 369 g/mol. The third kappa shape index (κ3) is 3.27. The summed E-state index contributed by atoms with van der Waals surface area (Å²) >= 11 is 0. The van der Waals surface area contributed by atoms with Gasteiger partial charge in [0.05, 0.1) is 20.3 Å². The minimum Gasteiger partial charge on any atom is -0.493 e. The van der Waals surface area contributed by atoms with Gasteiger partial charge in [-0.25, -0.2) is 4.39 Å². The Bertz CT molecular complexity index is 853. The maximum Gasteiger partial charge on any atom is 0.226 e. The first-order chi connectivity index (χ1) is 13.1. The standard InChI is InChI=1S/C22H24FNO3/c1-26-20-10-9-14(12-21(20)27-2)19-8-5-11-24(19)22(25)17-13-16(17)15-6-3-4-7-18(15)23/h3-4,6-7,9-10,12,16-17,19H,5,8,11,13H2,1-2H3. The molecule has 0 N–H and O–H groups in total. The van der Waals surface area contributed by atoms with Gasteiger partial charge in [-0.1, -0.05) is 24.3 Å². The predicted octanol–water partition coefficient (Wildman–Crippen LogP) is 4.31. The van der Waals surface area contributed by atoms with Crippen molar-refractivity contribution in [2.24, 2.45) is 5.92 Å². The van der Waals surface area contributed by atoms with E-state index in [1.54, 1.807) is 26.4 Å². The van der Waals surface area contributed by atoms with Crippen molar-refractivity contribution in [1.82, 2.24) is 4.90 Å². The molecule has 1 aliphatic heterocycles. The molecule has 2 fully saturated rings. The minimum absolute atomic E-state index is 0.00496. The second-order valence-electron chi connectivity index (χ2n) is 7.27. The highest BCUT2D eigenvalue weighted by Gasteiger charge is 2.48. The highest BCUT2D eigenvalue weighted by molar-refractivity contribution is 5.83. The van der Waals surface area contributed by atoms with E-state index < -0.39 is 0 Å². The van der Waals surface area contributed by atoms with Crippen LogP contribution >= 0.6 is 0 Å². The van der Waals surface area contributed by atoms with Gasteiger partial charge in [0.15, 0.2) is 11.5 Å². The number of carbonyl (C=O) groups is 1. The van der Waals surface area contributed by atoms with Crippen LogP contribution in [0.15, 0.2) is 42.5 Å². The van der Waals surface area contributed by atoms with E-state index in [1.165, 1.54) is 6.07 Å². The molecule has 1 aliphatic carbocycles. The van der Waals surface area contributed by atoms with Crippen molar-refractivity contribution in [3.05, 3.63) is 59.4 Å². The SMILES string of the molecule is COc1ccc(C2CCCN2C(=O)C2CC2c2ccccc2F)cc1OC. The average Bonchev–Trinajstić information content (AvgIpc) is 3.34. The third-order valence-electron chi connectivity index (χ3n) is 5.74. The first kappa shape index (κ1) is 17.8. The Kier molecular flexibility index (Phi) is 4.77. The summed E-state index contributed by atoms with van der Waals surface area (Å²) < 4.78 is 24.8. The lowest BCUT2D eigenvalue weighted by Gasteiger charge is -2.26. The van der Waals surface area contributed by atoms with Gasteiger partial charge in [-0.05, 0) is 54.5 Å². The number of carbonyl (C=O) groups excluding carboxylic acids is 1. The van der Waals surface area contributed by atoms with Crippen molar-refractivity contribution in [1.29, 1.82) is 0 Å². The number of likely N-dealkylation sites (tertiary alicyclic amines) is 1. The van der Waals surface area contributed by atoms with Gasteiger partial charge in [-0.3, -0.25) is 4.79 Å². The fourth-order valence-electron chi connectivity index (χ4n) is 4.24. The second-order valence-corrected chi connectivity index (χ2v) is 7.27. The lowest BCUT2D eigenvalue weighted by molar-refractivity contribution is -0.133. The Morgan fingerprint density at radius 1 is 1.11 bits per heavy atom. The molecule has 1 amide bonds. The number of methoxy groups -OCH3 is 2. The van der Waals surface area contributed by atoms with Crippen molar-refractivity contribution in [3.8, 4) is 11.5 Å². The lowest BCUT2D eigenvalue weighted by atomic mass is 10.0. The Hall–Kier alpha value is -2.56. The third-order valence-corrected chi connectivity index (χ3v) is 5.74. The Morgan fingerprint density at radius 2 is 1.89 bits per heavy atom. The number of hydrogen-bond acceptors (Lipinski definition) is 3. The van der Waals surface area contributed by atoms with Gasteiger partial charge in [-0.2, -0.15) is 0 Å². The van der Waals surface area contributed by atoms with Crippen LogP contribution in [-0.2, 0) is 4.79 Å². The van der Waals surface area contributed by atoms with Crippen LogP contribution in [0.1, 0.15) is 42.3 Å². The molecule has 142 valence electrons. The molecule has 2 aromatic rings. The number of rotatable bonds is 5. The summed E-state index contributed by atoms with van der Waals surface area (Å²) in [4.78, 5) is 15.1. The molecule has 27 heavy (non-hydrogen) atoms. The Morgan fingerprint density at radius 3 is 2.63 bits per heavy atom. The Balaban J connectivity index is 1.52. The zero-order chi connectivity index (χ0) is 19.0. The first-order valence-electron chi connectivity index (χ1n) is 9.41. The molecule has 2 aromatic carbocycles. The molecule has 3 unspecified atom stereocenters. The number of nitrogens with zero attached hydrogens (tertiary/aromatic N) is 1. The van der Waals surface area contributed by atoms with Gasteiger partial charge in [0.2, 0.25) is 5.91 Å². The summed E-state index contributed by atoms with van der Waals surface area (Å²) in [5, 5.41) is 0. The molecule has 3 atom stereocenters. The van der Waals surface area contributed by atoms with Crippen LogP contribution in [-0.4, -0.2) is 31.6 Å². The van der Waals surface area contributed by atoms with Gasteiger partial charge in [0.1, 0.15) is 5.82 Å². The van der Waals surface area contributed by atoms with E-state index in [0.717, 1.165) is 31.4 Å². The summed E-state index contributed by atoms with van der Waals surface area (Å²) in [6.45, 7) is 0.748. The van der Waals surface area contributed by atoms with Crippen molar-refractivity contribution in [2.45, 2.75) is 31.2 Å². The van der Waals surface area contributed by atoms with E-state index in [9.17, 15) is 9.18 Å². The molecule has 0 radical (unpaired) electrons. The van der Waals surface area contributed by atoms with Crippen LogP contribution in [0.25, 0.3) is 0 Å². The fourth-order valence-corrected chi connectivity index (χ4v) is 4.24. The predicted molar refractivity (Wildman–Crippen MR) is 100 cm³/mol. The molecule has 4 rings (SSSR count). The summed E-state index contributed by atoms with van der Waals surface area (Å²) in [6.07, 6.45) is 2.63. The van der Waals surface area contributed by atoms with Crippen molar-refractivity contribution < 1.29 is 18.7 Å². The molecular weight excluding hydrogens is 345 g/mol. The maximum absolute atomic E-state index is 14.0. The van der Waals surface area contributed by atoms with Crippen LogP contribution in [0.5, 0.6) is 11.5 Å². The minimum atomic E-state index is -0.212. The number of ether oxygens (including phenoxy) is 2. The van der Waals surface area contributed by atoms with Gasteiger partial charge in [0.25, 0.3) is 0 Å². The van der Waals surface area contributed by atoms with Gasteiger partial charge in [0, 0.05) is 12.5 Å². The molecule has 0 bridgehead atoms. The van der Waals surface area contributed by atoms with Crippen LogP contribution in [0, 0.1) is 11.7 Å². The quantitative estimate of drug-likeness (QED) is 0.788. The number of amides is 1. The van der Waals surface area contributed by atoms with Crippen molar-refractivity contribution in [2.75, 3.05) is 20.8 Å². The molecule has 2 aliphatic rings. The van der Waals surface area contributed by atoms with Gasteiger partial charge in [-0.15, -0.1) is 0 Å². The largest absolute Gasteiger partial charge is 0.493 e. The molecule has 1 saturated heterocycles. The summed E-state index contributed by atoms with van der Waals surface area (Å²) in [7, 11) is 3.22. The van der Waals surface area contributed by atoms with E-state index in [1.807, 2.05) is 29.2 Å². The van der Waals surface area contributed by atoms with Crippen LogP contribution in [0.2, 0.25) is 0 Å². The summed E-state index contributed by atoms with van der Waals surface area (Å²) in [5.41, 5.74) is 1.72. The molecule has 4 nitrogen and oxygen atoms in total. The fraction of sp³-hybridized carbons (Fsp3) is 0.409. The highest BCUT2D eigenvalue weighted by Crippen LogP contribution is 2.51. The number of benzene rings is 2. The van der Waals surface area contributed by atoms with E-state index >= 15 is 0 Å². The maximum atomic E-state index is 14.0. The van der Waals surface area contributed by atoms with E-state index in [0.29, 0.717) is 17.1 Å². The first-order valence-corrected chi connectivity index (χ1v) is 9.41. The van der Waals surface area contributed by atoms with Crippen molar-refractivity contribution in [3.63, 3.8) is 0 Å². The van der Waals surface area contributed by atoms with E-state index in [4.69, 9.17) is 9.47 Å². The Labute approximate surface area is 158 Å². The molecule has 5 heteroatoms. The van der Waals surface area contributed by atoms with Gasteiger partial charge < -0.3 is 14.4 Å². The zero-order valence-electron chi connectivity index (χ0n) is 15.7. The topological polar surface area (TPSA) is 38.8 Å². The summed E-state index contributed by atoms with van der Waals surface area (Å²) in [6, 6.07) is 12.7. The van der Waals surface area contributed by atoms with Crippen LogP contribution < -0.4 is 9.47 Å². The van der Waals surface area contributed by atoms with E-state index in [-0.39, 0.29) is 29.6 Å². The molecule has 1 saturated carbocycles. The normalized spacial score (nSPS) is 24.0. The molecule has 0 aromatic heterocycles. The molecular formula is C22H24FNO3. The number of halogens is 1. The molecule has 0 spiro atoms. The summed E-state index contributed by atoms with van der Waals surface area (Å²) in [5.74, 6) is 1.17.